The van der Waals surface area contributed by atoms with Gasteiger partial charge in [-0.3, -0.25) is 14.6 Å². The minimum atomic E-state index is -0.285. The van der Waals surface area contributed by atoms with E-state index in [9.17, 15) is 9.59 Å². The highest BCUT2D eigenvalue weighted by atomic mass is 16.6. The summed E-state index contributed by atoms with van der Waals surface area (Å²) < 4.78 is 11.1. The maximum Gasteiger partial charge on any atom is 0.255 e. The fourth-order valence-electron chi connectivity index (χ4n) is 4.20. The van der Waals surface area contributed by atoms with Gasteiger partial charge in [-0.25, -0.2) is 0 Å². The normalized spacial score (nSPS) is 12.4. The summed E-state index contributed by atoms with van der Waals surface area (Å²) in [5, 5.41) is 6.84. The minimum Gasteiger partial charge on any atom is -0.486 e. The van der Waals surface area contributed by atoms with Gasteiger partial charge in [0.1, 0.15) is 13.2 Å². The van der Waals surface area contributed by atoms with E-state index >= 15 is 0 Å². The summed E-state index contributed by atoms with van der Waals surface area (Å²) in [7, 11) is 3.92. The fraction of sp³-hybridized carbons (Fsp3) is 0.207. The average Bonchev–Trinajstić information content (AvgIpc) is 2.89. The smallest absolute Gasteiger partial charge is 0.255 e. The van der Waals surface area contributed by atoms with E-state index in [1.807, 2.05) is 62.3 Å². The van der Waals surface area contributed by atoms with Gasteiger partial charge in [-0.15, -0.1) is 0 Å². The zero-order valence-electron chi connectivity index (χ0n) is 21.0. The minimum absolute atomic E-state index is 0.238. The molecular weight excluding hydrogens is 468 g/mol. The second kappa shape index (κ2) is 10.3. The molecule has 37 heavy (non-hydrogen) atoms. The number of rotatable bonds is 6. The highest BCUT2D eigenvalue weighted by Crippen LogP contribution is 2.31. The molecule has 2 N–H and O–H groups in total. The van der Waals surface area contributed by atoms with Gasteiger partial charge < -0.3 is 25.0 Å². The van der Waals surface area contributed by atoms with Crippen molar-refractivity contribution in [3.05, 3.63) is 89.1 Å². The van der Waals surface area contributed by atoms with Gasteiger partial charge in [0.05, 0.1) is 5.52 Å². The van der Waals surface area contributed by atoms with Crippen LogP contribution in [0.2, 0.25) is 0 Å². The summed E-state index contributed by atoms with van der Waals surface area (Å²) in [6.07, 6.45) is 0. The monoisotopic (exact) mass is 496 g/mol. The van der Waals surface area contributed by atoms with Crippen LogP contribution in [0.5, 0.6) is 11.5 Å². The lowest BCUT2D eigenvalue weighted by atomic mass is 10.1. The first-order valence-electron chi connectivity index (χ1n) is 12.0. The Balaban J connectivity index is 1.38. The first-order chi connectivity index (χ1) is 17.9. The molecule has 3 aromatic carbocycles. The third kappa shape index (κ3) is 5.54. The summed E-state index contributed by atoms with van der Waals surface area (Å²) in [6, 6.07) is 19.9. The molecule has 4 aromatic rings. The van der Waals surface area contributed by atoms with E-state index in [1.165, 1.54) is 0 Å². The van der Waals surface area contributed by atoms with Crippen LogP contribution in [0.4, 0.5) is 11.4 Å². The number of carbonyl (C=O) groups is 2. The quantitative estimate of drug-likeness (QED) is 0.395. The molecular formula is C29H28N4O4. The van der Waals surface area contributed by atoms with E-state index in [4.69, 9.17) is 9.47 Å². The van der Waals surface area contributed by atoms with Crippen LogP contribution in [0.1, 0.15) is 32.0 Å². The SMILES string of the molecule is Cc1ccc2cc(C(=O)Nc3cc(NC(=O)c4ccc5c(c4)OCCO5)ccc3CN(C)C)ccc2n1. The zero-order chi connectivity index (χ0) is 25.9. The first kappa shape index (κ1) is 24.3. The van der Waals surface area contributed by atoms with Crippen molar-refractivity contribution in [3.63, 3.8) is 0 Å². The number of amides is 2. The topological polar surface area (TPSA) is 92.8 Å². The van der Waals surface area contributed by atoms with E-state index < -0.39 is 0 Å². The first-order valence-corrected chi connectivity index (χ1v) is 12.0. The van der Waals surface area contributed by atoms with Crippen LogP contribution >= 0.6 is 0 Å². The van der Waals surface area contributed by atoms with Crippen molar-refractivity contribution in [1.82, 2.24) is 9.88 Å². The summed E-state index contributed by atoms with van der Waals surface area (Å²) in [5.74, 6) is 0.652. The lowest BCUT2D eigenvalue weighted by Crippen LogP contribution is -2.18. The number of nitrogens with one attached hydrogen (secondary N) is 2. The van der Waals surface area contributed by atoms with E-state index in [1.54, 1.807) is 30.3 Å². The summed E-state index contributed by atoms with van der Waals surface area (Å²) in [4.78, 5) is 32.7. The molecule has 0 fully saturated rings. The van der Waals surface area contributed by atoms with Gasteiger partial charge in [0, 0.05) is 40.1 Å². The number of nitrogens with zero attached hydrogens (tertiary/aromatic N) is 2. The lowest BCUT2D eigenvalue weighted by Gasteiger charge is -2.19. The number of pyridine rings is 1. The number of aryl methyl sites for hydroxylation is 1. The standard InChI is InChI=1S/C29H28N4O4/c1-18-4-5-19-14-20(7-10-24(19)30-18)29(35)32-25-16-23(9-6-22(25)17-33(2)3)31-28(34)21-8-11-26-27(15-21)37-13-12-36-26/h4-11,14-16H,12-13,17H2,1-3H3,(H,31,34)(H,32,35). The van der Waals surface area contributed by atoms with Crippen LogP contribution in [0.3, 0.4) is 0 Å². The summed E-state index contributed by atoms with van der Waals surface area (Å²) in [6.45, 7) is 3.49. The fourth-order valence-corrected chi connectivity index (χ4v) is 4.20. The lowest BCUT2D eigenvalue weighted by molar-refractivity contribution is 0.101. The molecule has 2 amide bonds. The molecule has 1 aliphatic heterocycles. The predicted molar refractivity (Wildman–Crippen MR) is 144 cm³/mol. The van der Waals surface area contributed by atoms with Crippen LogP contribution in [-0.4, -0.2) is 49.0 Å². The van der Waals surface area contributed by atoms with Crippen molar-refractivity contribution < 1.29 is 19.1 Å². The molecule has 5 rings (SSSR count). The molecule has 1 aromatic heterocycles. The molecule has 2 heterocycles. The molecule has 0 aliphatic carbocycles. The molecule has 0 radical (unpaired) electrons. The van der Waals surface area contributed by atoms with Crippen molar-refractivity contribution in [1.29, 1.82) is 0 Å². The number of anilines is 2. The van der Waals surface area contributed by atoms with E-state index in [0.29, 0.717) is 53.8 Å². The predicted octanol–water partition coefficient (Wildman–Crippen LogP) is 4.88. The van der Waals surface area contributed by atoms with Crippen LogP contribution in [0, 0.1) is 6.92 Å². The molecule has 8 heteroatoms. The average molecular weight is 497 g/mol. The third-order valence-electron chi connectivity index (χ3n) is 6.00. The van der Waals surface area contributed by atoms with Crippen LogP contribution in [-0.2, 0) is 6.54 Å². The Hall–Kier alpha value is -4.43. The molecule has 0 saturated heterocycles. The Kier molecular flexibility index (Phi) is 6.74. The Labute approximate surface area is 215 Å². The van der Waals surface area contributed by atoms with Gasteiger partial charge in [0.25, 0.3) is 11.8 Å². The van der Waals surface area contributed by atoms with Crippen LogP contribution < -0.4 is 20.1 Å². The highest BCUT2D eigenvalue weighted by molar-refractivity contribution is 6.08. The molecule has 0 saturated carbocycles. The van der Waals surface area contributed by atoms with Crippen molar-refractivity contribution >= 4 is 34.1 Å². The maximum atomic E-state index is 13.2. The van der Waals surface area contributed by atoms with Crippen molar-refractivity contribution in [2.45, 2.75) is 13.5 Å². The van der Waals surface area contributed by atoms with E-state index in [0.717, 1.165) is 22.2 Å². The molecule has 8 nitrogen and oxygen atoms in total. The summed E-state index contributed by atoms with van der Waals surface area (Å²) in [5.41, 5.74) is 4.86. The van der Waals surface area contributed by atoms with Gasteiger partial charge in [-0.2, -0.15) is 0 Å². The van der Waals surface area contributed by atoms with Crippen molar-refractivity contribution in [2.24, 2.45) is 0 Å². The highest BCUT2D eigenvalue weighted by Gasteiger charge is 2.17. The Morgan fingerprint density at radius 1 is 0.838 bits per heavy atom. The maximum absolute atomic E-state index is 13.2. The van der Waals surface area contributed by atoms with Crippen LogP contribution in [0.15, 0.2) is 66.7 Å². The van der Waals surface area contributed by atoms with Gasteiger partial charge in [0.2, 0.25) is 0 Å². The number of carbonyl (C=O) groups excluding carboxylic acids is 2. The summed E-state index contributed by atoms with van der Waals surface area (Å²) >= 11 is 0. The number of aromatic nitrogens is 1. The molecule has 0 unspecified atom stereocenters. The van der Waals surface area contributed by atoms with E-state index in [-0.39, 0.29) is 11.8 Å². The van der Waals surface area contributed by atoms with Crippen molar-refractivity contribution in [2.75, 3.05) is 37.9 Å². The Morgan fingerprint density at radius 3 is 2.38 bits per heavy atom. The van der Waals surface area contributed by atoms with Gasteiger partial charge in [-0.05, 0) is 81.2 Å². The number of fused-ring (bicyclic) bond motifs is 2. The second-order valence-corrected chi connectivity index (χ2v) is 9.24. The molecule has 0 spiro atoms. The number of hydrogen-bond donors (Lipinski definition) is 2. The molecule has 0 atom stereocenters. The number of hydrogen-bond acceptors (Lipinski definition) is 6. The van der Waals surface area contributed by atoms with Crippen molar-refractivity contribution in [3.8, 4) is 11.5 Å². The van der Waals surface area contributed by atoms with Gasteiger partial charge >= 0.3 is 0 Å². The number of ether oxygens (including phenoxy) is 2. The van der Waals surface area contributed by atoms with Gasteiger partial charge in [-0.1, -0.05) is 12.1 Å². The second-order valence-electron chi connectivity index (χ2n) is 9.24. The molecule has 188 valence electrons. The van der Waals surface area contributed by atoms with Gasteiger partial charge in [0.15, 0.2) is 11.5 Å². The van der Waals surface area contributed by atoms with E-state index in [2.05, 4.69) is 15.6 Å². The number of benzene rings is 3. The largest absolute Gasteiger partial charge is 0.486 e. The Morgan fingerprint density at radius 2 is 1.57 bits per heavy atom. The zero-order valence-corrected chi connectivity index (χ0v) is 21.0. The third-order valence-corrected chi connectivity index (χ3v) is 6.00. The van der Waals surface area contributed by atoms with Crippen LogP contribution in [0.25, 0.3) is 10.9 Å². The molecule has 1 aliphatic rings. The molecule has 0 bridgehead atoms. The Bertz CT molecular complexity index is 1500.